The Bertz CT molecular complexity index is 655. The van der Waals surface area contributed by atoms with E-state index in [9.17, 15) is 5.11 Å². The van der Waals surface area contributed by atoms with E-state index >= 15 is 0 Å². The summed E-state index contributed by atoms with van der Waals surface area (Å²) in [6.07, 6.45) is 2.99. The van der Waals surface area contributed by atoms with Crippen molar-refractivity contribution in [2.24, 2.45) is 9.98 Å². The van der Waals surface area contributed by atoms with Crippen LogP contribution in [-0.2, 0) is 0 Å². The van der Waals surface area contributed by atoms with Gasteiger partial charge in [0.15, 0.2) is 0 Å². The number of nitrogens with zero attached hydrogens (tertiary/aromatic N) is 4. The summed E-state index contributed by atoms with van der Waals surface area (Å²) < 4.78 is 0. The lowest BCUT2D eigenvalue weighted by Crippen LogP contribution is -2.15. The minimum absolute atomic E-state index is 0.340. The molecule has 138 valence electrons. The lowest BCUT2D eigenvalue weighted by atomic mass is 10.2. The Morgan fingerprint density at radius 1 is 0.731 bits per heavy atom. The van der Waals surface area contributed by atoms with Crippen molar-refractivity contribution in [2.45, 2.75) is 6.10 Å². The Kier molecular flexibility index (Phi) is 7.36. The van der Waals surface area contributed by atoms with E-state index in [0.717, 1.165) is 22.5 Å². The van der Waals surface area contributed by atoms with Crippen LogP contribution < -0.4 is 9.80 Å². The molecule has 0 aliphatic rings. The molecule has 0 aliphatic carbocycles. The minimum atomic E-state index is -0.579. The first-order valence-corrected chi connectivity index (χ1v) is 8.68. The third-order valence-corrected chi connectivity index (χ3v) is 3.93. The Hall–Kier alpha value is -2.66. The molecule has 0 unspecified atom stereocenters. The van der Waals surface area contributed by atoms with Crippen LogP contribution in [0.15, 0.2) is 58.5 Å². The molecule has 5 heteroatoms. The third-order valence-electron chi connectivity index (χ3n) is 3.93. The molecule has 0 radical (unpaired) electrons. The van der Waals surface area contributed by atoms with Gasteiger partial charge in [-0.05, 0) is 35.4 Å². The summed E-state index contributed by atoms with van der Waals surface area (Å²) in [5.74, 6) is 0. The maximum absolute atomic E-state index is 10.00. The molecule has 0 saturated carbocycles. The second-order valence-corrected chi connectivity index (χ2v) is 6.61. The molecule has 2 rings (SSSR count). The molecule has 0 aromatic heterocycles. The van der Waals surface area contributed by atoms with Crippen molar-refractivity contribution in [3.05, 3.63) is 59.7 Å². The summed E-state index contributed by atoms with van der Waals surface area (Å²) in [6, 6.07) is 16.2. The van der Waals surface area contributed by atoms with Gasteiger partial charge in [-0.15, -0.1) is 0 Å². The lowest BCUT2D eigenvalue weighted by molar-refractivity contribution is 0.193. The highest BCUT2D eigenvalue weighted by molar-refractivity contribution is 5.81. The number of aliphatic hydroxyl groups is 1. The zero-order valence-corrected chi connectivity index (χ0v) is 16.0. The molecule has 0 atom stereocenters. The fourth-order valence-electron chi connectivity index (χ4n) is 2.33. The molecule has 5 nitrogen and oxygen atoms in total. The smallest absolute Gasteiger partial charge is 0.0929 e. The van der Waals surface area contributed by atoms with Crippen molar-refractivity contribution in [1.82, 2.24) is 0 Å². The first-order valence-electron chi connectivity index (χ1n) is 8.68. The molecule has 0 heterocycles. The summed E-state index contributed by atoms with van der Waals surface area (Å²) >= 11 is 0. The van der Waals surface area contributed by atoms with Crippen LogP contribution in [0.4, 0.5) is 11.4 Å². The fourth-order valence-corrected chi connectivity index (χ4v) is 2.33. The molecule has 0 bridgehead atoms. The van der Waals surface area contributed by atoms with Gasteiger partial charge in [0, 0.05) is 52.0 Å². The third kappa shape index (κ3) is 6.33. The summed E-state index contributed by atoms with van der Waals surface area (Å²) in [5.41, 5.74) is 4.34. The van der Waals surface area contributed by atoms with Gasteiger partial charge < -0.3 is 14.9 Å². The Morgan fingerprint density at radius 3 is 1.38 bits per heavy atom. The van der Waals surface area contributed by atoms with Gasteiger partial charge in [0.2, 0.25) is 0 Å². The zero-order chi connectivity index (χ0) is 18.9. The quantitative estimate of drug-likeness (QED) is 0.743. The Labute approximate surface area is 156 Å². The monoisotopic (exact) mass is 352 g/mol. The molecule has 0 spiro atoms. The van der Waals surface area contributed by atoms with Gasteiger partial charge in [0.05, 0.1) is 19.2 Å². The molecular weight excluding hydrogens is 324 g/mol. The summed E-state index contributed by atoms with van der Waals surface area (Å²) in [7, 11) is 8.04. The maximum atomic E-state index is 10.00. The molecule has 0 amide bonds. The van der Waals surface area contributed by atoms with Gasteiger partial charge in [-0.25, -0.2) is 0 Å². The van der Waals surface area contributed by atoms with Gasteiger partial charge in [-0.3, -0.25) is 9.98 Å². The molecule has 2 aromatic carbocycles. The van der Waals surface area contributed by atoms with E-state index in [0.29, 0.717) is 13.1 Å². The number of rotatable bonds is 8. The average molecular weight is 352 g/mol. The van der Waals surface area contributed by atoms with Crippen molar-refractivity contribution < 1.29 is 5.11 Å². The van der Waals surface area contributed by atoms with Crippen LogP contribution in [0.25, 0.3) is 0 Å². The predicted molar refractivity (Wildman–Crippen MR) is 112 cm³/mol. The van der Waals surface area contributed by atoms with E-state index in [1.54, 1.807) is 12.4 Å². The predicted octanol–water partition coefficient (Wildman–Crippen LogP) is 2.72. The normalized spacial score (nSPS) is 12.7. The highest BCUT2D eigenvalue weighted by atomic mass is 16.3. The zero-order valence-electron chi connectivity index (χ0n) is 16.0. The first kappa shape index (κ1) is 19.7. The standard InChI is InChI=1S/C21H28N4O/c1-24(2)19-9-5-17(6-10-19)13-22-15-21(26)16-23-14-18-7-11-20(12-8-18)25(3)4/h5-14,21,26H,15-16H2,1-4H3. The van der Waals surface area contributed by atoms with Gasteiger partial charge in [-0.1, -0.05) is 24.3 Å². The van der Waals surface area contributed by atoms with E-state index < -0.39 is 6.10 Å². The molecule has 1 N–H and O–H groups in total. The van der Waals surface area contributed by atoms with Crippen LogP contribution in [0.5, 0.6) is 0 Å². The lowest BCUT2D eigenvalue weighted by Gasteiger charge is -2.11. The SMILES string of the molecule is CN(C)c1ccc(C=NCC(O)CN=Cc2ccc(N(C)C)cc2)cc1. The van der Waals surface area contributed by atoms with Gasteiger partial charge in [-0.2, -0.15) is 0 Å². The second-order valence-electron chi connectivity index (χ2n) is 6.61. The number of aliphatic imine (C=N–C) groups is 2. The largest absolute Gasteiger partial charge is 0.389 e. The van der Waals surface area contributed by atoms with Crippen LogP contribution in [0, 0.1) is 0 Å². The summed E-state index contributed by atoms with van der Waals surface area (Å²) in [6.45, 7) is 0.679. The Morgan fingerprint density at radius 2 is 1.08 bits per heavy atom. The van der Waals surface area contributed by atoms with Gasteiger partial charge in [0.25, 0.3) is 0 Å². The van der Waals surface area contributed by atoms with Crippen molar-refractivity contribution in [1.29, 1.82) is 0 Å². The second kappa shape index (κ2) is 9.73. The van der Waals surface area contributed by atoms with Gasteiger partial charge in [0.1, 0.15) is 0 Å². The topological polar surface area (TPSA) is 51.4 Å². The number of hydrogen-bond donors (Lipinski definition) is 1. The van der Waals surface area contributed by atoms with Crippen molar-refractivity contribution in [3.63, 3.8) is 0 Å². The average Bonchev–Trinajstić information content (AvgIpc) is 2.62. The van der Waals surface area contributed by atoms with E-state index in [4.69, 9.17) is 0 Å². The summed E-state index contributed by atoms with van der Waals surface area (Å²) in [5, 5.41) is 10.00. The van der Waals surface area contributed by atoms with Crippen LogP contribution in [0.2, 0.25) is 0 Å². The van der Waals surface area contributed by atoms with E-state index in [2.05, 4.69) is 19.8 Å². The van der Waals surface area contributed by atoms with Crippen molar-refractivity contribution in [2.75, 3.05) is 51.1 Å². The van der Waals surface area contributed by atoms with E-state index in [1.165, 1.54) is 0 Å². The highest BCUT2D eigenvalue weighted by Gasteiger charge is 2.00. The van der Waals surface area contributed by atoms with Crippen LogP contribution in [-0.4, -0.2) is 64.9 Å². The number of anilines is 2. The molecule has 0 fully saturated rings. The van der Waals surface area contributed by atoms with E-state index in [1.807, 2.05) is 76.7 Å². The molecule has 26 heavy (non-hydrogen) atoms. The van der Waals surface area contributed by atoms with Crippen molar-refractivity contribution in [3.8, 4) is 0 Å². The number of aliphatic hydroxyl groups excluding tert-OH is 1. The fraction of sp³-hybridized carbons (Fsp3) is 0.333. The van der Waals surface area contributed by atoms with Gasteiger partial charge >= 0.3 is 0 Å². The molecule has 2 aromatic rings. The first-order chi connectivity index (χ1) is 12.5. The van der Waals surface area contributed by atoms with E-state index in [-0.39, 0.29) is 0 Å². The number of benzene rings is 2. The molecule has 0 saturated heterocycles. The highest BCUT2D eigenvalue weighted by Crippen LogP contribution is 2.11. The Balaban J connectivity index is 1.78. The minimum Gasteiger partial charge on any atom is -0.389 e. The molecular formula is C21H28N4O. The maximum Gasteiger partial charge on any atom is 0.0929 e. The molecule has 0 aliphatic heterocycles. The van der Waals surface area contributed by atoms with Crippen LogP contribution >= 0.6 is 0 Å². The van der Waals surface area contributed by atoms with Crippen molar-refractivity contribution >= 4 is 23.8 Å². The van der Waals surface area contributed by atoms with Crippen LogP contribution in [0.1, 0.15) is 11.1 Å². The van der Waals surface area contributed by atoms with Crippen LogP contribution in [0.3, 0.4) is 0 Å². The number of hydrogen-bond acceptors (Lipinski definition) is 5. The summed E-state index contributed by atoms with van der Waals surface area (Å²) in [4.78, 5) is 12.7.